The van der Waals surface area contributed by atoms with E-state index >= 15 is 0 Å². The van der Waals surface area contributed by atoms with E-state index < -0.39 is 0 Å². The molecular formula is C21H25N5O3S. The highest BCUT2D eigenvalue weighted by molar-refractivity contribution is 8.14. The molecule has 4 rings (SSSR count). The lowest BCUT2D eigenvalue weighted by molar-refractivity contribution is -0.125. The van der Waals surface area contributed by atoms with Crippen LogP contribution >= 0.6 is 11.8 Å². The van der Waals surface area contributed by atoms with E-state index in [1.807, 2.05) is 36.4 Å². The standard InChI is InChI=1S/C21H25N5O3S/c1-2-3-5-14-7-9-15(10-8-14)22-19(27)13-30-21-24-23-20(28)17-12-16(25-26(17)21)18-6-4-11-29-18/h4,6-11,16-17,25H,2-3,5,12-13H2,1H3,(H,22,27)(H,23,28). The van der Waals surface area contributed by atoms with E-state index in [0.29, 0.717) is 11.6 Å². The molecule has 0 spiro atoms. The van der Waals surface area contributed by atoms with Crippen molar-refractivity contribution in [3.63, 3.8) is 0 Å². The average Bonchev–Trinajstić information content (AvgIpc) is 3.43. The van der Waals surface area contributed by atoms with E-state index in [1.165, 1.54) is 17.3 Å². The van der Waals surface area contributed by atoms with Gasteiger partial charge in [-0.3, -0.25) is 14.6 Å². The van der Waals surface area contributed by atoms with Crippen LogP contribution in [0.25, 0.3) is 0 Å². The van der Waals surface area contributed by atoms with Gasteiger partial charge in [0.15, 0.2) is 5.17 Å². The summed E-state index contributed by atoms with van der Waals surface area (Å²) < 4.78 is 5.46. The summed E-state index contributed by atoms with van der Waals surface area (Å²) in [5.74, 6) is 0.650. The molecule has 1 saturated heterocycles. The molecule has 2 aliphatic heterocycles. The van der Waals surface area contributed by atoms with E-state index in [1.54, 1.807) is 11.3 Å². The number of rotatable bonds is 7. The monoisotopic (exact) mass is 427 g/mol. The number of nitrogens with one attached hydrogen (secondary N) is 3. The van der Waals surface area contributed by atoms with Gasteiger partial charge in [0, 0.05) is 12.1 Å². The molecule has 0 radical (unpaired) electrons. The molecule has 8 nitrogen and oxygen atoms in total. The number of amidine groups is 1. The molecule has 1 aromatic carbocycles. The van der Waals surface area contributed by atoms with Gasteiger partial charge in [-0.15, -0.1) is 5.10 Å². The van der Waals surface area contributed by atoms with E-state index in [2.05, 4.69) is 28.2 Å². The van der Waals surface area contributed by atoms with Crippen LogP contribution < -0.4 is 16.2 Å². The largest absolute Gasteiger partial charge is 0.468 e. The normalized spacial score (nSPS) is 20.5. The molecule has 158 valence electrons. The van der Waals surface area contributed by atoms with Crippen LogP contribution in [0.3, 0.4) is 0 Å². The van der Waals surface area contributed by atoms with Gasteiger partial charge in [-0.25, -0.2) is 10.9 Å². The number of carbonyl (C=O) groups is 2. The third-order valence-corrected chi connectivity index (χ3v) is 6.06. The minimum atomic E-state index is -0.390. The zero-order valence-corrected chi connectivity index (χ0v) is 17.6. The number of nitrogens with zero attached hydrogens (tertiary/aromatic N) is 2. The number of carbonyl (C=O) groups excluding carboxylic acids is 2. The molecule has 2 aliphatic rings. The Hall–Kier alpha value is -2.78. The maximum atomic E-state index is 12.4. The third kappa shape index (κ3) is 4.68. The van der Waals surface area contributed by atoms with Gasteiger partial charge >= 0.3 is 0 Å². The number of fused-ring (bicyclic) bond motifs is 1. The summed E-state index contributed by atoms with van der Waals surface area (Å²) in [6.45, 7) is 2.17. The van der Waals surface area contributed by atoms with Gasteiger partial charge in [0.05, 0.1) is 18.1 Å². The Balaban J connectivity index is 1.31. The molecule has 3 heterocycles. The number of benzene rings is 1. The fourth-order valence-electron chi connectivity index (χ4n) is 3.52. The molecule has 1 aromatic heterocycles. The maximum absolute atomic E-state index is 12.4. The van der Waals surface area contributed by atoms with Crippen molar-refractivity contribution in [1.29, 1.82) is 0 Å². The van der Waals surface area contributed by atoms with E-state index in [0.717, 1.165) is 30.7 Å². The quantitative estimate of drug-likeness (QED) is 0.628. The lowest BCUT2D eigenvalue weighted by Crippen LogP contribution is -2.52. The summed E-state index contributed by atoms with van der Waals surface area (Å²) in [5.41, 5.74) is 7.86. The molecule has 0 bridgehead atoms. The van der Waals surface area contributed by atoms with Crippen molar-refractivity contribution >= 4 is 34.4 Å². The number of thioether (sulfide) groups is 1. The average molecular weight is 428 g/mol. The predicted molar refractivity (Wildman–Crippen MR) is 117 cm³/mol. The van der Waals surface area contributed by atoms with Crippen LogP contribution in [0.15, 0.2) is 52.2 Å². The number of hydrogen-bond acceptors (Lipinski definition) is 7. The minimum absolute atomic E-state index is 0.111. The number of hydrogen-bond donors (Lipinski definition) is 3. The van der Waals surface area contributed by atoms with Crippen LogP contribution in [0.2, 0.25) is 0 Å². The number of furan rings is 1. The molecule has 1 fully saturated rings. The Morgan fingerprint density at radius 2 is 2.17 bits per heavy atom. The van der Waals surface area contributed by atoms with Crippen molar-refractivity contribution in [2.24, 2.45) is 5.10 Å². The summed E-state index contributed by atoms with van der Waals surface area (Å²) in [7, 11) is 0. The number of hydrazone groups is 1. The predicted octanol–water partition coefficient (Wildman–Crippen LogP) is 3.01. The van der Waals surface area contributed by atoms with Gasteiger partial charge in [-0.2, -0.15) is 0 Å². The summed E-state index contributed by atoms with van der Waals surface area (Å²) >= 11 is 1.27. The first-order valence-corrected chi connectivity index (χ1v) is 11.1. The second-order valence-electron chi connectivity index (χ2n) is 7.33. The highest BCUT2D eigenvalue weighted by Crippen LogP contribution is 2.31. The smallest absolute Gasteiger partial charge is 0.264 e. The fourth-order valence-corrected chi connectivity index (χ4v) is 4.28. The van der Waals surface area contributed by atoms with Gasteiger partial charge < -0.3 is 9.73 Å². The highest BCUT2D eigenvalue weighted by atomic mass is 32.2. The molecule has 2 unspecified atom stereocenters. The van der Waals surface area contributed by atoms with Crippen molar-refractivity contribution in [3.05, 3.63) is 54.0 Å². The summed E-state index contributed by atoms with van der Waals surface area (Å²) in [5, 5.41) is 9.31. The van der Waals surface area contributed by atoms with E-state index in [-0.39, 0.29) is 29.7 Å². The Morgan fingerprint density at radius 1 is 1.33 bits per heavy atom. The van der Waals surface area contributed by atoms with Crippen LogP contribution in [0, 0.1) is 0 Å². The van der Waals surface area contributed by atoms with E-state index in [4.69, 9.17) is 4.42 Å². The number of amides is 2. The van der Waals surface area contributed by atoms with Crippen LogP contribution in [-0.4, -0.2) is 33.8 Å². The Morgan fingerprint density at radius 3 is 2.90 bits per heavy atom. The van der Waals surface area contributed by atoms with Crippen LogP contribution in [-0.2, 0) is 16.0 Å². The number of hydrazine groups is 1. The first kappa shape index (κ1) is 20.5. The van der Waals surface area contributed by atoms with Crippen molar-refractivity contribution in [1.82, 2.24) is 15.9 Å². The summed E-state index contributed by atoms with van der Waals surface area (Å²) in [6.07, 6.45) is 5.55. The second-order valence-corrected chi connectivity index (χ2v) is 8.27. The first-order chi connectivity index (χ1) is 14.6. The molecular weight excluding hydrogens is 402 g/mol. The van der Waals surface area contributed by atoms with E-state index in [9.17, 15) is 9.59 Å². The topological polar surface area (TPSA) is 99.0 Å². The Kier molecular flexibility index (Phi) is 6.39. The number of unbranched alkanes of at least 4 members (excludes halogenated alkanes) is 1. The SMILES string of the molecule is CCCCc1ccc(NC(=O)CSC2=NNC(=O)C3CC(c4ccco4)NN23)cc1. The molecule has 2 aromatic rings. The Labute approximate surface area is 179 Å². The van der Waals surface area contributed by atoms with Crippen molar-refractivity contribution in [3.8, 4) is 0 Å². The maximum Gasteiger partial charge on any atom is 0.264 e. The zero-order valence-electron chi connectivity index (χ0n) is 16.8. The van der Waals surface area contributed by atoms with Crippen molar-refractivity contribution < 1.29 is 14.0 Å². The molecule has 0 aliphatic carbocycles. The van der Waals surface area contributed by atoms with Crippen LogP contribution in [0.5, 0.6) is 0 Å². The minimum Gasteiger partial charge on any atom is -0.468 e. The van der Waals surface area contributed by atoms with Crippen molar-refractivity contribution in [2.45, 2.75) is 44.7 Å². The fraction of sp³-hybridized carbons (Fsp3) is 0.381. The van der Waals surface area contributed by atoms with Gasteiger partial charge in [0.1, 0.15) is 11.8 Å². The van der Waals surface area contributed by atoms with Gasteiger partial charge in [0.25, 0.3) is 5.91 Å². The molecule has 2 atom stereocenters. The number of aryl methyl sites for hydroxylation is 1. The van der Waals surface area contributed by atoms with Gasteiger partial charge in [-0.1, -0.05) is 37.2 Å². The molecule has 3 N–H and O–H groups in total. The highest BCUT2D eigenvalue weighted by Gasteiger charge is 2.42. The third-order valence-electron chi connectivity index (χ3n) is 5.11. The van der Waals surface area contributed by atoms with Crippen molar-refractivity contribution in [2.75, 3.05) is 11.1 Å². The molecule has 0 saturated carbocycles. The van der Waals surface area contributed by atoms with Crippen LogP contribution in [0.1, 0.15) is 43.6 Å². The molecule has 9 heteroatoms. The second kappa shape index (κ2) is 9.36. The van der Waals surface area contributed by atoms with Crippen LogP contribution in [0.4, 0.5) is 5.69 Å². The molecule has 2 amide bonds. The number of anilines is 1. The lowest BCUT2D eigenvalue weighted by atomic mass is 10.1. The first-order valence-electron chi connectivity index (χ1n) is 10.1. The van der Waals surface area contributed by atoms with Gasteiger partial charge in [-0.05, 0) is 42.7 Å². The lowest BCUT2D eigenvalue weighted by Gasteiger charge is -2.29. The summed E-state index contributed by atoms with van der Waals surface area (Å²) in [6, 6.07) is 11.1. The zero-order chi connectivity index (χ0) is 20.9. The molecule has 30 heavy (non-hydrogen) atoms. The Bertz CT molecular complexity index is 913. The van der Waals surface area contributed by atoms with Gasteiger partial charge in [0.2, 0.25) is 5.91 Å². The summed E-state index contributed by atoms with van der Waals surface area (Å²) in [4.78, 5) is 24.6.